The topological polar surface area (TPSA) is 258 Å². The molecule has 2 aromatic carbocycles. The van der Waals surface area contributed by atoms with Crippen molar-refractivity contribution in [1.82, 2.24) is 10.2 Å². The molecule has 23 heteroatoms. The van der Waals surface area contributed by atoms with E-state index in [1.165, 1.54) is 30.4 Å². The number of aromatic nitrogens is 1. The van der Waals surface area contributed by atoms with Gasteiger partial charge in [-0.05, 0) is 110 Å². The van der Waals surface area contributed by atoms with Crippen LogP contribution in [-0.4, -0.2) is 98.4 Å². The van der Waals surface area contributed by atoms with Gasteiger partial charge in [0.15, 0.2) is 5.71 Å². The fraction of sp³-hybridized carbons (Fsp3) is 0.383. The minimum Gasteiger partial charge on any atom is -0.748 e. The van der Waals surface area contributed by atoms with Gasteiger partial charge in [0.05, 0.1) is 47.7 Å². The molecule has 1 N–H and O–H groups in total. The molecule has 17 nitrogen and oxygen atoms in total. The summed E-state index contributed by atoms with van der Waals surface area (Å²) in [4.78, 5) is 43.6. The molecule has 6 rings (SSSR count). The number of aliphatic imine (C=N–C) groups is 1. The van der Waals surface area contributed by atoms with Gasteiger partial charge in [-0.1, -0.05) is 61.9 Å². The third-order valence-corrected chi connectivity index (χ3v) is 14.7. The first-order valence-electron chi connectivity index (χ1n) is 21.8. The molecule has 0 saturated carbocycles. The zero-order valence-corrected chi connectivity index (χ0v) is 47.1. The van der Waals surface area contributed by atoms with Gasteiger partial charge in [0.25, 0.3) is 11.8 Å². The number of benzene rings is 2. The number of rotatable bonds is 21. The predicted octanol–water partition coefficient (Wildman–Crippen LogP) is -1.15. The molecule has 0 spiro atoms. The van der Waals surface area contributed by atoms with Crippen molar-refractivity contribution in [3.63, 3.8) is 0 Å². The Morgan fingerprint density at radius 2 is 1.49 bits per heavy atom. The van der Waals surface area contributed by atoms with Crippen molar-refractivity contribution >= 4 is 82.5 Å². The van der Waals surface area contributed by atoms with Crippen molar-refractivity contribution in [1.29, 1.82) is 0 Å². The Morgan fingerprint density at radius 3 is 2.14 bits per heavy atom. The molecule has 3 amide bonds. The minimum atomic E-state index is -4.83. The molecule has 0 saturated heterocycles. The van der Waals surface area contributed by atoms with Crippen molar-refractivity contribution in [3.8, 4) is 0 Å². The first-order valence-corrected chi connectivity index (χ1v) is 26.8. The Bertz CT molecular complexity index is 3010. The van der Waals surface area contributed by atoms with Crippen molar-refractivity contribution in [2.45, 2.75) is 88.5 Å². The van der Waals surface area contributed by atoms with E-state index in [-0.39, 0.29) is 110 Å². The fourth-order valence-corrected chi connectivity index (χ4v) is 10.2. The number of halogens is 1. The van der Waals surface area contributed by atoms with Crippen molar-refractivity contribution < 1.29 is 117 Å². The summed E-state index contributed by atoms with van der Waals surface area (Å²) in [7, 11) is -13.8. The maximum Gasteiger partial charge on any atom is 1.00 e. The molecule has 4 heterocycles. The molecule has 0 atom stereocenters. The van der Waals surface area contributed by atoms with Gasteiger partial charge in [0, 0.05) is 66.5 Å². The maximum absolute atomic E-state index is 12.6. The van der Waals surface area contributed by atoms with Crippen LogP contribution in [0.25, 0.3) is 5.57 Å². The Hall–Kier alpha value is -3.35. The van der Waals surface area contributed by atoms with Crippen LogP contribution in [0.15, 0.2) is 107 Å². The monoisotopic (exact) mass is 1060 g/mol. The third kappa shape index (κ3) is 15.1. The number of nitrogens with one attached hydrogen (secondary N) is 1. The summed E-state index contributed by atoms with van der Waals surface area (Å²) in [6, 6.07) is 13.6. The first-order chi connectivity index (χ1) is 31.7. The smallest absolute Gasteiger partial charge is 0.748 e. The molecule has 70 heavy (non-hydrogen) atoms. The summed E-state index contributed by atoms with van der Waals surface area (Å²) >= 11 is 6.54. The first kappa shape index (κ1) is 59.2. The van der Waals surface area contributed by atoms with Gasteiger partial charge >= 0.3 is 64.9 Å². The molecule has 0 bridgehead atoms. The van der Waals surface area contributed by atoms with Crippen LogP contribution in [0.3, 0.4) is 0 Å². The number of carbonyl (C=O) groups excluding carboxylic acids is 3. The van der Waals surface area contributed by atoms with Gasteiger partial charge < -0.3 is 23.9 Å². The normalized spacial score (nSPS) is 16.9. The number of aryl methyl sites for hydroxylation is 2. The number of carbonyl (C=O) groups is 3. The molecule has 0 aliphatic carbocycles. The van der Waals surface area contributed by atoms with Crippen LogP contribution in [0.2, 0.25) is 5.02 Å². The number of allylic oxidation sites excluding steroid dienone is 6. The Kier molecular flexibility index (Phi) is 20.4. The summed E-state index contributed by atoms with van der Waals surface area (Å²) < 4.78 is 107. The minimum absolute atomic E-state index is 0. The van der Waals surface area contributed by atoms with Crippen LogP contribution in [-0.2, 0) is 68.5 Å². The fourth-order valence-electron chi connectivity index (χ4n) is 8.51. The predicted molar refractivity (Wildman–Crippen MR) is 253 cm³/mol. The van der Waals surface area contributed by atoms with Gasteiger partial charge in [-0.3, -0.25) is 19.3 Å². The van der Waals surface area contributed by atoms with Crippen molar-refractivity contribution in [2.24, 2.45) is 4.99 Å². The van der Waals surface area contributed by atoms with Crippen LogP contribution in [0, 0.1) is 0 Å². The second kappa shape index (κ2) is 24.1. The molecule has 364 valence electrons. The van der Waals surface area contributed by atoms with Gasteiger partial charge in [-0.15, -0.1) is 0 Å². The van der Waals surface area contributed by atoms with E-state index in [2.05, 4.69) is 5.32 Å². The van der Waals surface area contributed by atoms with Gasteiger partial charge in [-0.25, -0.2) is 29.8 Å². The number of anilines is 1. The quantitative estimate of drug-likeness (QED) is 0.0331. The molecule has 3 aromatic rings. The second-order valence-corrected chi connectivity index (χ2v) is 22.6. The van der Waals surface area contributed by atoms with E-state index in [1.54, 1.807) is 16.8 Å². The van der Waals surface area contributed by atoms with Gasteiger partial charge in [0.2, 0.25) is 5.91 Å². The number of pyridine rings is 1. The second-order valence-electron chi connectivity index (χ2n) is 17.8. The Balaban J connectivity index is 0.00000533. The van der Waals surface area contributed by atoms with Gasteiger partial charge in [0.1, 0.15) is 16.3 Å². The molecule has 0 unspecified atom stereocenters. The Labute approximate surface area is 459 Å². The van der Waals surface area contributed by atoms with E-state index < -0.39 is 69.4 Å². The number of amides is 3. The van der Waals surface area contributed by atoms with Crippen LogP contribution in [0.5, 0.6) is 0 Å². The molecule has 3 aliphatic heterocycles. The Morgan fingerprint density at radius 1 is 0.814 bits per heavy atom. The maximum atomic E-state index is 12.6. The molecule has 3 aliphatic rings. The zero-order valence-electron chi connectivity index (χ0n) is 39.9. The van der Waals surface area contributed by atoms with E-state index in [4.69, 9.17) is 16.6 Å². The summed E-state index contributed by atoms with van der Waals surface area (Å²) in [5.41, 5.74) is 3.98. The zero-order chi connectivity index (χ0) is 49.8. The molecule has 0 radical (unpaired) electrons. The van der Waals surface area contributed by atoms with Crippen molar-refractivity contribution in [2.75, 3.05) is 36.0 Å². The van der Waals surface area contributed by atoms with Crippen LogP contribution in [0.1, 0.15) is 82.1 Å². The molecule has 0 fully saturated rings. The van der Waals surface area contributed by atoms with Gasteiger partial charge in [-0.2, -0.15) is 0 Å². The number of fused-ring (bicyclic) bond motifs is 2. The summed E-state index contributed by atoms with van der Waals surface area (Å²) in [5, 5.41) is 3.15. The SMILES string of the molecule is CC1(C)C(/C=C/C(=C/C=C2/N(CCCS(=O)(=O)[O-])c3ccc(S(=O)(=O)[O-])cc3C2(C)C)c2cccc(CCCCC(=O)NCCN3C(=O)C=CC3=O)c2)=Nc2c1cc(Cl)c[n+]2CCCS(=O)(=O)[O-].[Na+].[Na+]. The summed E-state index contributed by atoms with van der Waals surface area (Å²) in [6.07, 6.45) is 13.6. The van der Waals surface area contributed by atoms with E-state index in [1.807, 2.05) is 81.2 Å². The number of imide groups is 1. The third-order valence-electron chi connectivity index (χ3n) is 12.1. The van der Waals surface area contributed by atoms with Crippen LogP contribution >= 0.6 is 11.6 Å². The summed E-state index contributed by atoms with van der Waals surface area (Å²) in [5.74, 6) is -1.67. The van der Waals surface area contributed by atoms with E-state index in [0.29, 0.717) is 58.3 Å². The van der Waals surface area contributed by atoms with Crippen LogP contribution in [0.4, 0.5) is 11.5 Å². The summed E-state index contributed by atoms with van der Waals surface area (Å²) in [6.45, 7) is 8.12. The number of hydrogen-bond acceptors (Lipinski definition) is 14. The number of unbranched alkanes of at least 4 members (excludes halogenated alkanes) is 1. The number of hydrogen-bond donors (Lipinski definition) is 1. The van der Waals surface area contributed by atoms with Crippen molar-refractivity contribution in [3.05, 3.63) is 124 Å². The average molecular weight is 1060 g/mol. The van der Waals surface area contributed by atoms with E-state index >= 15 is 0 Å². The standard InChI is InChI=1S/C47H54ClN5O12S3.2Na/c1-46(2)38-29-35(48)31-51(23-8-26-66(57,58)59)45(38)50-40(46)18-14-33(34-12-7-11-32(28-34)10-5-6-13-42(54)49-22-25-53-43(55)20-21-44(53)56)15-19-41-47(3,4)37-30-36(68(63,64)65)16-17-39(37)52(41)24-9-27-67(60,61)62;;/h7,11-12,14-21,28-31H,5-6,8-10,13,22-27H2,1-4H3,(H3-,49,54,57,58,59,60,61,62,63,64,65);;/q;2*+1/p-2. The molecular formula is C47H52ClN5Na2O12S3. The van der Waals surface area contributed by atoms with E-state index in [0.717, 1.165) is 21.6 Å². The largest absolute Gasteiger partial charge is 1.00 e. The number of nitrogens with zero attached hydrogens (tertiary/aromatic N) is 4. The molecular weight excluding hydrogens is 1000 g/mol. The van der Waals surface area contributed by atoms with E-state index in [9.17, 15) is 53.3 Å². The van der Waals surface area contributed by atoms with Crippen LogP contribution < -0.4 is 73.9 Å². The average Bonchev–Trinajstić information content (AvgIpc) is 3.78. The molecule has 1 aromatic heterocycles.